The van der Waals surface area contributed by atoms with Crippen molar-refractivity contribution in [1.29, 1.82) is 0 Å². The Kier molecular flexibility index (Phi) is 7.19. The summed E-state index contributed by atoms with van der Waals surface area (Å²) in [5, 5.41) is 2.80. The molecule has 1 saturated heterocycles. The normalized spacial score (nSPS) is 15.3. The van der Waals surface area contributed by atoms with Crippen LogP contribution in [0.1, 0.15) is 29.3 Å². The fourth-order valence-electron chi connectivity index (χ4n) is 3.07. The molecule has 1 amide bonds. The summed E-state index contributed by atoms with van der Waals surface area (Å²) in [5.41, 5.74) is 1.81. The number of morpholine rings is 1. The number of nitrogens with zero attached hydrogens (tertiary/aromatic N) is 1. The van der Waals surface area contributed by atoms with Crippen LogP contribution in [0.25, 0.3) is 0 Å². The first-order chi connectivity index (χ1) is 13.8. The molecule has 0 aliphatic carbocycles. The van der Waals surface area contributed by atoms with E-state index in [1.165, 1.54) is 22.0 Å². The minimum Gasteiger partial charge on any atom is -0.379 e. The zero-order chi connectivity index (χ0) is 21.0. The standard InChI is InChI=1S/C20H22Cl2N2O4S/c1-2-3-14-4-6-15(7-5-14)23-20(25)16-12-19(18(22)13-17(16)21)29(26,27)24-8-10-28-11-9-24/h4-7,12-13H,2-3,8-11H2,1H3,(H,23,25). The second-order valence-corrected chi connectivity index (χ2v) is 9.40. The maximum Gasteiger partial charge on any atom is 0.257 e. The minimum atomic E-state index is -3.87. The van der Waals surface area contributed by atoms with Gasteiger partial charge in [-0.15, -0.1) is 0 Å². The first-order valence-electron chi connectivity index (χ1n) is 9.30. The summed E-state index contributed by atoms with van der Waals surface area (Å²) >= 11 is 12.4. The molecule has 0 saturated carbocycles. The number of hydrogen-bond acceptors (Lipinski definition) is 4. The third-order valence-electron chi connectivity index (χ3n) is 4.60. The lowest BCUT2D eigenvalue weighted by atomic mass is 10.1. The van der Waals surface area contributed by atoms with Gasteiger partial charge in [-0.25, -0.2) is 8.42 Å². The van der Waals surface area contributed by atoms with Gasteiger partial charge in [-0.05, 0) is 36.2 Å². The fraction of sp³-hybridized carbons (Fsp3) is 0.350. The predicted molar refractivity (Wildman–Crippen MR) is 114 cm³/mol. The highest BCUT2D eigenvalue weighted by Gasteiger charge is 2.30. The number of carbonyl (C=O) groups is 1. The Morgan fingerprint density at radius 3 is 2.38 bits per heavy atom. The summed E-state index contributed by atoms with van der Waals surface area (Å²) in [7, 11) is -3.87. The Morgan fingerprint density at radius 1 is 1.10 bits per heavy atom. The van der Waals surface area contributed by atoms with Crippen molar-refractivity contribution in [2.75, 3.05) is 31.6 Å². The van der Waals surface area contributed by atoms with Gasteiger partial charge in [0.1, 0.15) is 4.90 Å². The molecule has 0 bridgehead atoms. The van der Waals surface area contributed by atoms with Gasteiger partial charge in [-0.1, -0.05) is 48.7 Å². The Hall–Kier alpha value is -1.64. The second-order valence-electron chi connectivity index (χ2n) is 6.68. The molecule has 1 fully saturated rings. The van der Waals surface area contributed by atoms with Crippen LogP contribution in [-0.4, -0.2) is 44.9 Å². The number of nitrogens with one attached hydrogen (secondary N) is 1. The van der Waals surface area contributed by atoms with E-state index >= 15 is 0 Å². The van der Waals surface area contributed by atoms with Gasteiger partial charge >= 0.3 is 0 Å². The number of amides is 1. The lowest BCUT2D eigenvalue weighted by Gasteiger charge is -2.26. The molecule has 1 aliphatic heterocycles. The van der Waals surface area contributed by atoms with Crippen LogP contribution in [0.4, 0.5) is 5.69 Å². The quantitative estimate of drug-likeness (QED) is 0.705. The molecule has 0 spiro atoms. The van der Waals surface area contributed by atoms with Crippen molar-refractivity contribution in [3.63, 3.8) is 0 Å². The van der Waals surface area contributed by atoms with E-state index in [9.17, 15) is 13.2 Å². The van der Waals surface area contributed by atoms with Crippen LogP contribution in [0.15, 0.2) is 41.3 Å². The summed E-state index contributed by atoms with van der Waals surface area (Å²) < 4.78 is 32.4. The molecule has 1 heterocycles. The highest BCUT2D eigenvalue weighted by Crippen LogP contribution is 2.31. The summed E-state index contributed by atoms with van der Waals surface area (Å²) in [4.78, 5) is 12.6. The molecule has 2 aromatic rings. The van der Waals surface area contributed by atoms with Crippen molar-refractivity contribution in [3.05, 3.63) is 57.6 Å². The molecule has 3 rings (SSSR count). The van der Waals surface area contributed by atoms with E-state index in [1.54, 1.807) is 12.1 Å². The lowest BCUT2D eigenvalue weighted by molar-refractivity contribution is 0.0730. The van der Waals surface area contributed by atoms with Crippen LogP contribution < -0.4 is 5.32 Å². The Labute approximate surface area is 180 Å². The largest absolute Gasteiger partial charge is 0.379 e. The van der Waals surface area contributed by atoms with Gasteiger partial charge in [0.25, 0.3) is 5.91 Å². The van der Waals surface area contributed by atoms with Gasteiger partial charge in [0.2, 0.25) is 10.0 Å². The molecule has 1 aliphatic rings. The topological polar surface area (TPSA) is 75.7 Å². The van der Waals surface area contributed by atoms with Gasteiger partial charge in [0.15, 0.2) is 0 Å². The Morgan fingerprint density at radius 2 is 1.76 bits per heavy atom. The first kappa shape index (κ1) is 22.1. The summed E-state index contributed by atoms with van der Waals surface area (Å²) in [6.45, 7) is 3.18. The van der Waals surface area contributed by atoms with Crippen molar-refractivity contribution < 1.29 is 17.9 Å². The van der Waals surface area contributed by atoms with Gasteiger partial charge in [-0.2, -0.15) is 4.31 Å². The molecular weight excluding hydrogens is 435 g/mol. The average Bonchev–Trinajstić information content (AvgIpc) is 2.70. The molecular formula is C20H22Cl2N2O4S. The number of ether oxygens (including phenoxy) is 1. The van der Waals surface area contributed by atoms with Crippen molar-refractivity contribution in [2.24, 2.45) is 0 Å². The van der Waals surface area contributed by atoms with Crippen LogP contribution >= 0.6 is 23.2 Å². The number of aryl methyl sites for hydroxylation is 1. The Bertz CT molecular complexity index is 988. The van der Waals surface area contributed by atoms with Gasteiger partial charge in [0.05, 0.1) is 28.8 Å². The smallest absolute Gasteiger partial charge is 0.257 e. The van der Waals surface area contributed by atoms with Crippen LogP contribution in [0.5, 0.6) is 0 Å². The van der Waals surface area contributed by atoms with E-state index < -0.39 is 15.9 Å². The van der Waals surface area contributed by atoms with Gasteiger partial charge in [-0.3, -0.25) is 4.79 Å². The summed E-state index contributed by atoms with van der Waals surface area (Å²) in [6, 6.07) is 10.0. The van der Waals surface area contributed by atoms with Crippen molar-refractivity contribution >= 4 is 44.8 Å². The first-order valence-corrected chi connectivity index (χ1v) is 11.5. The molecule has 0 atom stereocenters. The highest BCUT2D eigenvalue weighted by molar-refractivity contribution is 7.89. The number of sulfonamides is 1. The molecule has 0 aromatic heterocycles. The minimum absolute atomic E-state index is 0.0260. The van der Waals surface area contributed by atoms with E-state index in [2.05, 4.69) is 12.2 Å². The third kappa shape index (κ3) is 5.10. The van der Waals surface area contributed by atoms with Crippen LogP contribution in [0.2, 0.25) is 10.0 Å². The molecule has 1 N–H and O–H groups in total. The number of halogens is 2. The SMILES string of the molecule is CCCc1ccc(NC(=O)c2cc(S(=O)(=O)N3CCOCC3)c(Cl)cc2Cl)cc1. The van der Waals surface area contributed by atoms with E-state index in [0.717, 1.165) is 12.8 Å². The Balaban J connectivity index is 1.87. The number of benzene rings is 2. The number of anilines is 1. The fourth-order valence-corrected chi connectivity index (χ4v) is 5.31. The maximum absolute atomic E-state index is 13.0. The zero-order valence-electron chi connectivity index (χ0n) is 16.0. The predicted octanol–water partition coefficient (Wildman–Crippen LogP) is 4.22. The average molecular weight is 457 g/mol. The number of rotatable bonds is 6. The van der Waals surface area contributed by atoms with Gasteiger partial charge < -0.3 is 10.1 Å². The monoisotopic (exact) mass is 456 g/mol. The van der Waals surface area contributed by atoms with Crippen LogP contribution in [0.3, 0.4) is 0 Å². The lowest BCUT2D eigenvalue weighted by Crippen LogP contribution is -2.40. The van der Waals surface area contributed by atoms with Crippen molar-refractivity contribution in [2.45, 2.75) is 24.7 Å². The van der Waals surface area contributed by atoms with E-state index in [-0.39, 0.29) is 33.6 Å². The van der Waals surface area contributed by atoms with E-state index in [4.69, 9.17) is 27.9 Å². The molecule has 6 nitrogen and oxygen atoms in total. The maximum atomic E-state index is 13.0. The molecule has 156 valence electrons. The van der Waals surface area contributed by atoms with Crippen LogP contribution in [-0.2, 0) is 21.2 Å². The molecule has 2 aromatic carbocycles. The third-order valence-corrected chi connectivity index (χ3v) is 7.28. The van der Waals surface area contributed by atoms with E-state index in [1.807, 2.05) is 12.1 Å². The summed E-state index contributed by atoms with van der Waals surface area (Å²) in [6.07, 6.45) is 1.99. The molecule has 0 radical (unpaired) electrons. The van der Waals surface area contributed by atoms with Crippen molar-refractivity contribution in [1.82, 2.24) is 4.31 Å². The van der Waals surface area contributed by atoms with Gasteiger partial charge in [0, 0.05) is 18.8 Å². The number of hydrogen-bond donors (Lipinski definition) is 1. The van der Waals surface area contributed by atoms with Crippen molar-refractivity contribution in [3.8, 4) is 0 Å². The molecule has 29 heavy (non-hydrogen) atoms. The van der Waals surface area contributed by atoms with Crippen LogP contribution in [0, 0.1) is 0 Å². The zero-order valence-corrected chi connectivity index (χ0v) is 18.3. The second kappa shape index (κ2) is 9.45. The van der Waals surface area contributed by atoms with E-state index in [0.29, 0.717) is 18.9 Å². The summed E-state index contributed by atoms with van der Waals surface area (Å²) in [5.74, 6) is -0.506. The highest BCUT2D eigenvalue weighted by atomic mass is 35.5. The molecule has 0 unspecified atom stereocenters. The number of carbonyl (C=O) groups excluding carboxylic acids is 1. The molecule has 9 heteroatoms.